The lowest BCUT2D eigenvalue weighted by atomic mass is 9.94. The van der Waals surface area contributed by atoms with Gasteiger partial charge in [0.15, 0.2) is 9.84 Å². The quantitative estimate of drug-likeness (QED) is 0.780. The molecule has 4 nitrogen and oxygen atoms in total. The summed E-state index contributed by atoms with van der Waals surface area (Å²) in [6.45, 7) is 13.3. The van der Waals surface area contributed by atoms with Gasteiger partial charge in [0.05, 0.1) is 5.75 Å². The highest BCUT2D eigenvalue weighted by atomic mass is 32.2. The van der Waals surface area contributed by atoms with Crippen LogP contribution in [0.3, 0.4) is 0 Å². The third-order valence-corrected chi connectivity index (χ3v) is 5.90. The van der Waals surface area contributed by atoms with Crippen LogP contribution >= 0.6 is 0 Å². The zero-order valence-corrected chi connectivity index (χ0v) is 14.6. The highest BCUT2D eigenvalue weighted by Gasteiger charge is 2.34. The summed E-state index contributed by atoms with van der Waals surface area (Å²) in [6.07, 6.45) is 1.86. The Hall–Kier alpha value is -0.130. The number of nitrogens with zero attached hydrogens (tertiary/aromatic N) is 1. The van der Waals surface area contributed by atoms with E-state index >= 15 is 0 Å². The highest BCUT2D eigenvalue weighted by Crippen LogP contribution is 2.21. The number of rotatable bonds is 7. The monoisotopic (exact) mass is 304 g/mol. The Morgan fingerprint density at radius 3 is 2.50 bits per heavy atom. The molecule has 0 aromatic rings. The third-order valence-electron chi connectivity index (χ3n) is 4.06. The maximum Gasteiger partial charge on any atom is 0.151 e. The fourth-order valence-corrected chi connectivity index (χ4v) is 4.19. The van der Waals surface area contributed by atoms with Gasteiger partial charge in [-0.3, -0.25) is 4.90 Å². The zero-order chi connectivity index (χ0) is 15.4. The van der Waals surface area contributed by atoms with Crippen molar-refractivity contribution in [2.45, 2.75) is 59.0 Å². The molecule has 1 aliphatic heterocycles. The molecule has 0 saturated carbocycles. The van der Waals surface area contributed by atoms with Crippen LogP contribution in [0.15, 0.2) is 0 Å². The van der Waals surface area contributed by atoms with E-state index in [1.807, 2.05) is 6.92 Å². The van der Waals surface area contributed by atoms with E-state index in [0.717, 1.165) is 19.5 Å². The van der Waals surface area contributed by atoms with E-state index in [1.165, 1.54) is 0 Å². The minimum atomic E-state index is -2.88. The molecule has 1 aliphatic rings. The molecule has 0 aromatic carbocycles. The second-order valence-corrected chi connectivity index (χ2v) is 9.42. The number of piperazine rings is 1. The highest BCUT2D eigenvalue weighted by molar-refractivity contribution is 7.91. The van der Waals surface area contributed by atoms with Crippen LogP contribution in [0.5, 0.6) is 0 Å². The lowest BCUT2D eigenvalue weighted by molar-refractivity contribution is 0.0671. The molecular formula is C15H32N2O2S. The van der Waals surface area contributed by atoms with Gasteiger partial charge >= 0.3 is 0 Å². The Morgan fingerprint density at radius 1 is 1.30 bits per heavy atom. The van der Waals surface area contributed by atoms with E-state index < -0.39 is 9.84 Å². The van der Waals surface area contributed by atoms with Gasteiger partial charge in [-0.25, -0.2) is 8.42 Å². The molecule has 0 aliphatic carbocycles. The number of hydrogen-bond donors (Lipinski definition) is 1. The van der Waals surface area contributed by atoms with Gasteiger partial charge in [0.1, 0.15) is 0 Å². The maximum atomic E-state index is 11.9. The van der Waals surface area contributed by atoms with Crippen LogP contribution in [0.1, 0.15) is 47.5 Å². The number of hydrogen-bond acceptors (Lipinski definition) is 4. The van der Waals surface area contributed by atoms with Crippen LogP contribution < -0.4 is 5.32 Å². The molecule has 1 N–H and O–H groups in total. The molecule has 0 amide bonds. The summed E-state index contributed by atoms with van der Waals surface area (Å²) < 4.78 is 23.8. The van der Waals surface area contributed by atoms with E-state index in [-0.39, 0.29) is 5.54 Å². The summed E-state index contributed by atoms with van der Waals surface area (Å²) in [5.41, 5.74) is 0.0369. The van der Waals surface area contributed by atoms with E-state index in [1.54, 1.807) is 0 Å². The van der Waals surface area contributed by atoms with E-state index in [4.69, 9.17) is 0 Å². The van der Waals surface area contributed by atoms with Crippen molar-refractivity contribution in [2.75, 3.05) is 31.1 Å². The summed E-state index contributed by atoms with van der Waals surface area (Å²) in [4.78, 5) is 2.35. The molecule has 5 heteroatoms. The molecule has 1 unspecified atom stereocenters. The largest absolute Gasteiger partial charge is 0.311 e. The smallest absolute Gasteiger partial charge is 0.151 e. The Kier molecular flexibility index (Phi) is 6.48. The normalized spacial score (nSPS) is 24.2. The van der Waals surface area contributed by atoms with Crippen molar-refractivity contribution >= 4 is 9.84 Å². The van der Waals surface area contributed by atoms with Crippen molar-refractivity contribution in [1.29, 1.82) is 0 Å². The van der Waals surface area contributed by atoms with Crippen molar-refractivity contribution in [2.24, 2.45) is 5.92 Å². The van der Waals surface area contributed by atoms with Crippen LogP contribution in [-0.2, 0) is 9.84 Å². The minimum Gasteiger partial charge on any atom is -0.311 e. The SMILES string of the molecule is CCCS(=O)(=O)CCN1CC(CC(C)C)NCC1(C)C. The van der Waals surface area contributed by atoms with Crippen LogP contribution in [0.2, 0.25) is 0 Å². The van der Waals surface area contributed by atoms with Gasteiger partial charge in [-0.1, -0.05) is 20.8 Å². The van der Waals surface area contributed by atoms with Gasteiger partial charge in [0, 0.05) is 37.0 Å². The molecular weight excluding hydrogens is 272 g/mol. The first-order valence-electron chi connectivity index (χ1n) is 7.85. The van der Waals surface area contributed by atoms with E-state index in [0.29, 0.717) is 36.4 Å². The average molecular weight is 305 g/mol. The summed E-state index contributed by atoms with van der Waals surface area (Å²) in [7, 11) is -2.88. The van der Waals surface area contributed by atoms with Gasteiger partial charge in [-0.05, 0) is 32.6 Å². The summed E-state index contributed by atoms with van der Waals surface area (Å²) >= 11 is 0. The van der Waals surface area contributed by atoms with Crippen LogP contribution in [-0.4, -0.2) is 56.0 Å². The van der Waals surface area contributed by atoms with Crippen molar-refractivity contribution in [3.05, 3.63) is 0 Å². The first-order chi connectivity index (χ1) is 9.16. The first-order valence-corrected chi connectivity index (χ1v) is 9.67. The fraction of sp³-hybridized carbons (Fsp3) is 1.00. The average Bonchev–Trinajstić information content (AvgIpc) is 2.29. The van der Waals surface area contributed by atoms with E-state index in [9.17, 15) is 8.42 Å². The molecule has 1 saturated heterocycles. The molecule has 120 valence electrons. The number of nitrogens with one attached hydrogen (secondary N) is 1. The van der Waals surface area contributed by atoms with Crippen LogP contribution in [0.4, 0.5) is 0 Å². The second kappa shape index (κ2) is 7.23. The zero-order valence-electron chi connectivity index (χ0n) is 13.8. The van der Waals surface area contributed by atoms with Gasteiger partial charge in [0.2, 0.25) is 0 Å². The Labute approximate surface area is 125 Å². The van der Waals surface area contributed by atoms with Crippen LogP contribution in [0, 0.1) is 5.92 Å². The predicted molar refractivity (Wildman–Crippen MR) is 85.8 cm³/mol. The molecule has 0 bridgehead atoms. The van der Waals surface area contributed by atoms with Gasteiger partial charge in [-0.2, -0.15) is 0 Å². The van der Waals surface area contributed by atoms with Gasteiger partial charge in [0.25, 0.3) is 0 Å². The maximum absolute atomic E-state index is 11.9. The molecule has 0 spiro atoms. The van der Waals surface area contributed by atoms with Crippen LogP contribution in [0.25, 0.3) is 0 Å². The van der Waals surface area contributed by atoms with Gasteiger partial charge < -0.3 is 5.32 Å². The third kappa shape index (κ3) is 5.70. The molecule has 20 heavy (non-hydrogen) atoms. The van der Waals surface area contributed by atoms with Crippen molar-refractivity contribution in [3.8, 4) is 0 Å². The minimum absolute atomic E-state index is 0.0369. The molecule has 0 aromatic heterocycles. The Bertz CT molecular complexity index is 391. The fourth-order valence-electron chi connectivity index (χ4n) is 2.87. The second-order valence-electron chi connectivity index (χ2n) is 7.12. The number of sulfone groups is 1. The topological polar surface area (TPSA) is 49.4 Å². The molecule has 0 radical (unpaired) electrons. The lowest BCUT2D eigenvalue weighted by Gasteiger charge is -2.46. The van der Waals surface area contributed by atoms with Crippen molar-refractivity contribution in [3.63, 3.8) is 0 Å². The van der Waals surface area contributed by atoms with Crippen molar-refractivity contribution in [1.82, 2.24) is 10.2 Å². The summed E-state index contributed by atoms with van der Waals surface area (Å²) in [6, 6.07) is 0.483. The Balaban J connectivity index is 2.59. The Morgan fingerprint density at radius 2 is 1.95 bits per heavy atom. The summed E-state index contributed by atoms with van der Waals surface area (Å²) in [5.74, 6) is 1.27. The molecule has 1 rings (SSSR count). The molecule has 1 heterocycles. The lowest BCUT2D eigenvalue weighted by Crippen LogP contribution is -2.62. The molecule has 1 fully saturated rings. The van der Waals surface area contributed by atoms with E-state index in [2.05, 4.69) is 37.9 Å². The predicted octanol–water partition coefficient (Wildman–Crippen LogP) is 1.91. The molecule has 1 atom stereocenters. The summed E-state index contributed by atoms with van der Waals surface area (Å²) in [5, 5.41) is 3.60. The first kappa shape index (κ1) is 17.9. The standard InChI is InChI=1S/C15H32N2O2S/c1-6-8-20(18,19)9-7-17-11-14(10-13(2)3)16-12-15(17,4)5/h13-14,16H,6-12H2,1-5H3. The van der Waals surface area contributed by atoms with Crippen molar-refractivity contribution < 1.29 is 8.42 Å². The van der Waals surface area contributed by atoms with Gasteiger partial charge in [-0.15, -0.1) is 0 Å².